The number of pyridine rings is 1. The smallest absolute Gasteiger partial charge is 0.256 e. The SMILES string of the molecule is CNc1nc(NC2CCC(F)(F)CC2)nn2ccc(-c3ccc4nc(C)n(CC(F)F)c4n3)c12. The van der Waals surface area contributed by atoms with Gasteiger partial charge in [-0.1, -0.05) is 0 Å². The fourth-order valence-corrected chi connectivity index (χ4v) is 4.46. The van der Waals surface area contributed by atoms with E-state index in [1.807, 2.05) is 6.07 Å². The number of aryl methyl sites for hydroxylation is 1. The number of aromatic nitrogens is 6. The lowest BCUT2D eigenvalue weighted by atomic mass is 9.92. The van der Waals surface area contributed by atoms with Crippen molar-refractivity contribution in [2.45, 2.75) is 57.5 Å². The molecule has 0 amide bonds. The molecular weight excluding hydrogens is 452 g/mol. The predicted molar refractivity (Wildman–Crippen MR) is 121 cm³/mol. The number of nitrogens with zero attached hydrogens (tertiary/aromatic N) is 6. The van der Waals surface area contributed by atoms with Crippen molar-refractivity contribution in [1.29, 1.82) is 0 Å². The summed E-state index contributed by atoms with van der Waals surface area (Å²) in [5.41, 5.74) is 2.87. The van der Waals surface area contributed by atoms with Crippen molar-refractivity contribution in [3.05, 3.63) is 30.2 Å². The van der Waals surface area contributed by atoms with E-state index < -0.39 is 18.9 Å². The lowest BCUT2D eigenvalue weighted by Crippen LogP contribution is -2.32. The third kappa shape index (κ3) is 4.12. The topological polar surface area (TPSA) is 85.0 Å². The summed E-state index contributed by atoms with van der Waals surface area (Å²) in [5, 5.41) is 10.7. The molecule has 1 aliphatic carbocycles. The number of imidazole rings is 1. The zero-order valence-electron chi connectivity index (χ0n) is 18.7. The van der Waals surface area contributed by atoms with Crippen LogP contribution in [0.15, 0.2) is 24.4 Å². The second-order valence-electron chi connectivity index (χ2n) is 8.53. The van der Waals surface area contributed by atoms with Crippen LogP contribution in [0.5, 0.6) is 0 Å². The molecule has 0 spiro atoms. The predicted octanol–water partition coefficient (Wildman–Crippen LogP) is 4.75. The molecule has 5 rings (SSSR count). The monoisotopic (exact) mass is 476 g/mol. The minimum atomic E-state index is -2.61. The minimum Gasteiger partial charge on any atom is -0.371 e. The van der Waals surface area contributed by atoms with Crippen LogP contribution >= 0.6 is 0 Å². The van der Waals surface area contributed by atoms with Gasteiger partial charge in [0.25, 0.3) is 6.43 Å². The van der Waals surface area contributed by atoms with Crippen molar-refractivity contribution in [1.82, 2.24) is 29.1 Å². The van der Waals surface area contributed by atoms with Crippen LogP contribution in [0.25, 0.3) is 27.9 Å². The van der Waals surface area contributed by atoms with Crippen molar-refractivity contribution in [3.63, 3.8) is 0 Å². The molecule has 0 aromatic carbocycles. The summed E-state index contributed by atoms with van der Waals surface area (Å²) in [5.74, 6) is -1.27. The Labute approximate surface area is 192 Å². The van der Waals surface area contributed by atoms with Gasteiger partial charge in [-0.05, 0) is 38.0 Å². The van der Waals surface area contributed by atoms with E-state index in [9.17, 15) is 17.6 Å². The second-order valence-corrected chi connectivity index (χ2v) is 8.53. The Morgan fingerprint density at radius 2 is 1.88 bits per heavy atom. The summed E-state index contributed by atoms with van der Waals surface area (Å²) in [4.78, 5) is 13.5. The standard InChI is InChI=1S/C22H24F4N8/c1-12-28-16-4-3-15(30-20(16)33(12)11-17(23)24)14-7-10-34-18(14)19(27-2)31-21(32-34)29-13-5-8-22(25,26)9-6-13/h3-4,7,10,13,17H,5-6,8-9,11H2,1-2H3,(H2,27,29,31,32). The maximum Gasteiger partial charge on any atom is 0.256 e. The number of anilines is 2. The van der Waals surface area contributed by atoms with Gasteiger partial charge in [0.2, 0.25) is 11.9 Å². The molecule has 34 heavy (non-hydrogen) atoms. The fraction of sp³-hybridized carbons (Fsp3) is 0.455. The van der Waals surface area contributed by atoms with E-state index in [1.54, 1.807) is 36.8 Å². The summed E-state index contributed by atoms with van der Waals surface area (Å²) in [6.45, 7) is 1.19. The average molecular weight is 476 g/mol. The van der Waals surface area contributed by atoms with Crippen LogP contribution in [0.3, 0.4) is 0 Å². The van der Waals surface area contributed by atoms with Crippen LogP contribution in [0.1, 0.15) is 31.5 Å². The normalized spacial score (nSPS) is 16.6. The molecule has 8 nitrogen and oxygen atoms in total. The Morgan fingerprint density at radius 1 is 1.12 bits per heavy atom. The van der Waals surface area contributed by atoms with Crippen molar-refractivity contribution < 1.29 is 17.6 Å². The van der Waals surface area contributed by atoms with Crippen LogP contribution in [-0.2, 0) is 6.54 Å². The Hall–Kier alpha value is -3.44. The second kappa shape index (κ2) is 8.41. The highest BCUT2D eigenvalue weighted by Gasteiger charge is 2.35. The highest BCUT2D eigenvalue weighted by atomic mass is 19.3. The number of nitrogens with one attached hydrogen (secondary N) is 2. The van der Waals surface area contributed by atoms with E-state index in [1.165, 1.54) is 4.57 Å². The van der Waals surface area contributed by atoms with E-state index in [-0.39, 0.29) is 18.9 Å². The molecule has 0 bridgehead atoms. The Kier molecular flexibility index (Phi) is 5.53. The van der Waals surface area contributed by atoms with Crippen molar-refractivity contribution in [2.24, 2.45) is 0 Å². The van der Waals surface area contributed by atoms with Crippen LogP contribution in [0.2, 0.25) is 0 Å². The third-order valence-corrected chi connectivity index (χ3v) is 6.18. The van der Waals surface area contributed by atoms with Gasteiger partial charge in [0.05, 0.1) is 12.2 Å². The molecule has 4 heterocycles. The van der Waals surface area contributed by atoms with Gasteiger partial charge in [-0.25, -0.2) is 32.0 Å². The Balaban J connectivity index is 1.51. The van der Waals surface area contributed by atoms with E-state index >= 15 is 0 Å². The molecule has 0 radical (unpaired) electrons. The molecule has 4 aromatic heterocycles. The first-order valence-corrected chi connectivity index (χ1v) is 11.1. The lowest BCUT2D eigenvalue weighted by molar-refractivity contribution is -0.0361. The van der Waals surface area contributed by atoms with Gasteiger partial charge >= 0.3 is 0 Å². The fourth-order valence-electron chi connectivity index (χ4n) is 4.46. The van der Waals surface area contributed by atoms with Gasteiger partial charge in [-0.15, -0.1) is 5.10 Å². The number of fused-ring (bicyclic) bond motifs is 2. The zero-order chi connectivity index (χ0) is 24.0. The first-order chi connectivity index (χ1) is 16.2. The van der Waals surface area contributed by atoms with Crippen LogP contribution < -0.4 is 10.6 Å². The molecule has 0 saturated heterocycles. The molecule has 1 saturated carbocycles. The Morgan fingerprint density at radius 3 is 2.59 bits per heavy atom. The van der Waals surface area contributed by atoms with Crippen LogP contribution in [-0.4, -0.2) is 54.6 Å². The maximum absolute atomic E-state index is 13.5. The first-order valence-electron chi connectivity index (χ1n) is 11.1. The first kappa shape index (κ1) is 22.4. The molecule has 4 aromatic rings. The minimum absolute atomic E-state index is 0.126. The quantitative estimate of drug-likeness (QED) is 0.391. The molecule has 1 aliphatic rings. The molecule has 2 N–H and O–H groups in total. The summed E-state index contributed by atoms with van der Waals surface area (Å²) >= 11 is 0. The average Bonchev–Trinajstić information content (AvgIpc) is 3.35. The summed E-state index contributed by atoms with van der Waals surface area (Å²) in [6.07, 6.45) is -0.403. The highest BCUT2D eigenvalue weighted by Crippen LogP contribution is 2.35. The van der Waals surface area contributed by atoms with Crippen LogP contribution in [0.4, 0.5) is 29.3 Å². The molecule has 180 valence electrons. The molecule has 12 heteroatoms. The van der Waals surface area contributed by atoms with Crippen molar-refractivity contribution in [3.8, 4) is 11.3 Å². The number of hydrogen-bond acceptors (Lipinski definition) is 6. The van der Waals surface area contributed by atoms with Gasteiger partial charge in [-0.2, -0.15) is 4.98 Å². The van der Waals surface area contributed by atoms with Gasteiger partial charge in [-0.3, -0.25) is 0 Å². The van der Waals surface area contributed by atoms with Crippen molar-refractivity contribution in [2.75, 3.05) is 17.7 Å². The molecular formula is C22H24F4N8. The van der Waals surface area contributed by atoms with Gasteiger partial charge < -0.3 is 15.2 Å². The van der Waals surface area contributed by atoms with Gasteiger partial charge in [0.15, 0.2) is 11.5 Å². The van der Waals surface area contributed by atoms with Crippen LogP contribution in [0, 0.1) is 6.92 Å². The van der Waals surface area contributed by atoms with E-state index in [0.717, 1.165) is 5.56 Å². The summed E-state index contributed by atoms with van der Waals surface area (Å²) in [7, 11) is 1.72. The Bertz CT molecular complexity index is 1340. The number of rotatable bonds is 6. The molecule has 0 unspecified atom stereocenters. The highest BCUT2D eigenvalue weighted by molar-refractivity contribution is 5.89. The van der Waals surface area contributed by atoms with Gasteiger partial charge in [0.1, 0.15) is 16.9 Å². The summed E-state index contributed by atoms with van der Waals surface area (Å²) in [6, 6.07) is 5.24. The summed E-state index contributed by atoms with van der Waals surface area (Å²) < 4.78 is 56.2. The third-order valence-electron chi connectivity index (χ3n) is 6.18. The largest absolute Gasteiger partial charge is 0.371 e. The van der Waals surface area contributed by atoms with Crippen molar-refractivity contribution >= 4 is 28.4 Å². The van der Waals surface area contributed by atoms with E-state index in [0.29, 0.717) is 52.8 Å². The number of alkyl halides is 4. The molecule has 0 aliphatic heterocycles. The number of hydrogen-bond donors (Lipinski definition) is 2. The lowest BCUT2D eigenvalue weighted by Gasteiger charge is -2.28. The molecule has 1 fully saturated rings. The van der Waals surface area contributed by atoms with E-state index in [4.69, 9.17) is 0 Å². The maximum atomic E-state index is 13.5. The zero-order valence-corrected chi connectivity index (χ0v) is 18.7. The molecule has 0 atom stereocenters. The number of halogens is 4. The van der Waals surface area contributed by atoms with E-state index in [2.05, 4.69) is 30.7 Å². The van der Waals surface area contributed by atoms with Gasteiger partial charge in [0, 0.05) is 37.7 Å².